The fourth-order valence-electron chi connectivity index (χ4n) is 2.56. The highest BCUT2D eigenvalue weighted by Gasteiger charge is 2.28. The number of anilines is 1. The first-order valence-corrected chi connectivity index (χ1v) is 9.21. The molecule has 7 nitrogen and oxygen atoms in total. The van der Waals surface area contributed by atoms with Crippen molar-refractivity contribution in [1.29, 1.82) is 0 Å². The van der Waals surface area contributed by atoms with Crippen LogP contribution in [0.4, 0.5) is 14.9 Å². The summed E-state index contributed by atoms with van der Waals surface area (Å²) in [6.45, 7) is 1.62. The molecule has 0 bridgehead atoms. The third kappa shape index (κ3) is 3.67. The average molecular weight is 377 g/mol. The lowest BCUT2D eigenvalue weighted by molar-refractivity contribution is -0.125. The van der Waals surface area contributed by atoms with Gasteiger partial charge in [0.2, 0.25) is 5.91 Å². The zero-order chi connectivity index (χ0) is 18.9. The van der Waals surface area contributed by atoms with Gasteiger partial charge in [0.1, 0.15) is 10.7 Å². The fourth-order valence-corrected chi connectivity index (χ4v) is 3.77. The van der Waals surface area contributed by atoms with E-state index in [1.165, 1.54) is 24.3 Å². The number of aryl methyl sites for hydroxylation is 1. The summed E-state index contributed by atoms with van der Waals surface area (Å²) in [6.07, 6.45) is 0. The van der Waals surface area contributed by atoms with Crippen LogP contribution in [-0.4, -0.2) is 31.8 Å². The summed E-state index contributed by atoms with van der Waals surface area (Å²) in [4.78, 5) is 23.8. The minimum absolute atomic E-state index is 0.0129. The molecule has 1 saturated heterocycles. The first kappa shape index (κ1) is 17.9. The molecular weight excluding hydrogens is 361 g/mol. The monoisotopic (exact) mass is 377 g/mol. The van der Waals surface area contributed by atoms with E-state index >= 15 is 0 Å². The second-order valence-electron chi connectivity index (χ2n) is 5.88. The van der Waals surface area contributed by atoms with Crippen LogP contribution >= 0.6 is 0 Å². The Morgan fingerprint density at radius 2 is 1.96 bits per heavy atom. The van der Waals surface area contributed by atoms with E-state index in [1.807, 2.05) is 0 Å². The van der Waals surface area contributed by atoms with Gasteiger partial charge in [0, 0.05) is 5.69 Å². The number of amides is 3. The number of urea groups is 1. The highest BCUT2D eigenvalue weighted by Crippen LogP contribution is 2.21. The van der Waals surface area contributed by atoms with Crippen LogP contribution in [0.2, 0.25) is 0 Å². The van der Waals surface area contributed by atoms with Gasteiger partial charge in [-0.3, -0.25) is 14.4 Å². The molecule has 1 aliphatic rings. The molecule has 3 rings (SSSR count). The Morgan fingerprint density at radius 3 is 2.65 bits per heavy atom. The Kier molecular flexibility index (Phi) is 4.64. The molecule has 3 amide bonds. The standard InChI is InChI=1S/C17H16FN3O4S/c1-11-5-6-14(18)15(7-11)26(24,25)20-13-4-2-3-12(8-13)10-21-16(22)9-19-17(21)23/h2-8,20H,9-10H2,1H3,(H,19,23). The van der Waals surface area contributed by atoms with Crippen LogP contribution in [-0.2, 0) is 21.4 Å². The van der Waals surface area contributed by atoms with Gasteiger partial charge in [-0.2, -0.15) is 0 Å². The van der Waals surface area contributed by atoms with E-state index in [0.717, 1.165) is 11.0 Å². The summed E-state index contributed by atoms with van der Waals surface area (Å²) in [5.74, 6) is -1.21. The van der Waals surface area contributed by atoms with Crippen LogP contribution in [0.15, 0.2) is 47.4 Å². The molecule has 0 unspecified atom stereocenters. The van der Waals surface area contributed by atoms with Crippen molar-refractivity contribution in [3.8, 4) is 0 Å². The second-order valence-corrected chi connectivity index (χ2v) is 7.53. The maximum absolute atomic E-state index is 13.9. The van der Waals surface area contributed by atoms with Gasteiger partial charge >= 0.3 is 6.03 Å². The summed E-state index contributed by atoms with van der Waals surface area (Å²) in [6, 6.07) is 9.55. The van der Waals surface area contributed by atoms with Crippen LogP contribution in [0.3, 0.4) is 0 Å². The van der Waals surface area contributed by atoms with Crippen LogP contribution in [0, 0.1) is 12.7 Å². The van der Waals surface area contributed by atoms with Gasteiger partial charge in [0.15, 0.2) is 0 Å². The van der Waals surface area contributed by atoms with E-state index in [0.29, 0.717) is 11.1 Å². The topological polar surface area (TPSA) is 95.6 Å². The SMILES string of the molecule is Cc1ccc(F)c(S(=O)(=O)Nc2cccc(CN3C(=O)CNC3=O)c2)c1. The molecule has 26 heavy (non-hydrogen) atoms. The van der Waals surface area contributed by atoms with E-state index in [4.69, 9.17) is 0 Å². The number of imide groups is 1. The summed E-state index contributed by atoms with van der Waals surface area (Å²) < 4.78 is 41.1. The molecule has 2 N–H and O–H groups in total. The normalized spacial score (nSPS) is 14.5. The van der Waals surface area contributed by atoms with Crippen molar-refractivity contribution in [2.75, 3.05) is 11.3 Å². The zero-order valence-corrected chi connectivity index (χ0v) is 14.6. The Balaban J connectivity index is 1.83. The molecule has 0 atom stereocenters. The van der Waals surface area contributed by atoms with Gasteiger partial charge < -0.3 is 5.32 Å². The van der Waals surface area contributed by atoms with Crippen molar-refractivity contribution >= 4 is 27.6 Å². The zero-order valence-electron chi connectivity index (χ0n) is 13.8. The first-order chi connectivity index (χ1) is 12.3. The molecule has 2 aromatic carbocycles. The lowest BCUT2D eigenvalue weighted by Crippen LogP contribution is -2.30. The number of rotatable bonds is 5. The lowest BCUT2D eigenvalue weighted by atomic mass is 10.2. The van der Waals surface area contributed by atoms with Crippen molar-refractivity contribution in [2.45, 2.75) is 18.4 Å². The maximum atomic E-state index is 13.9. The van der Waals surface area contributed by atoms with E-state index in [2.05, 4.69) is 10.0 Å². The number of benzene rings is 2. The molecule has 0 radical (unpaired) electrons. The smallest absolute Gasteiger partial charge is 0.324 e. The molecule has 0 spiro atoms. The number of halogens is 1. The third-order valence-corrected chi connectivity index (χ3v) is 5.23. The quantitative estimate of drug-likeness (QED) is 0.779. The van der Waals surface area contributed by atoms with Gasteiger partial charge in [-0.15, -0.1) is 0 Å². The van der Waals surface area contributed by atoms with E-state index < -0.39 is 26.8 Å². The number of nitrogens with zero attached hydrogens (tertiary/aromatic N) is 1. The van der Waals surface area contributed by atoms with Gasteiger partial charge in [-0.1, -0.05) is 18.2 Å². The highest BCUT2D eigenvalue weighted by molar-refractivity contribution is 7.92. The molecule has 0 aliphatic carbocycles. The largest absolute Gasteiger partial charge is 0.329 e. The molecule has 0 aromatic heterocycles. The van der Waals surface area contributed by atoms with Gasteiger partial charge in [-0.25, -0.2) is 17.6 Å². The average Bonchev–Trinajstić information content (AvgIpc) is 2.89. The number of hydrogen-bond donors (Lipinski definition) is 2. The molecule has 136 valence electrons. The number of nitrogens with one attached hydrogen (secondary N) is 2. The predicted octanol–water partition coefficient (Wildman–Crippen LogP) is 1.99. The number of carbonyl (C=O) groups excluding carboxylic acids is 2. The minimum Gasteiger partial charge on any atom is -0.329 e. The van der Waals surface area contributed by atoms with Crippen molar-refractivity contribution < 1.29 is 22.4 Å². The summed E-state index contributed by atoms with van der Waals surface area (Å²) >= 11 is 0. The van der Waals surface area contributed by atoms with Gasteiger partial charge in [0.25, 0.3) is 10.0 Å². The van der Waals surface area contributed by atoms with Crippen molar-refractivity contribution in [3.05, 3.63) is 59.4 Å². The van der Waals surface area contributed by atoms with E-state index in [1.54, 1.807) is 19.1 Å². The van der Waals surface area contributed by atoms with Crippen LogP contribution < -0.4 is 10.0 Å². The fraction of sp³-hybridized carbons (Fsp3) is 0.176. The summed E-state index contributed by atoms with van der Waals surface area (Å²) in [7, 11) is -4.12. The molecule has 1 heterocycles. The number of hydrogen-bond acceptors (Lipinski definition) is 4. The number of sulfonamides is 1. The second kappa shape index (κ2) is 6.75. The Labute approximate surface area is 149 Å². The summed E-state index contributed by atoms with van der Waals surface area (Å²) in [5, 5.41) is 2.41. The van der Waals surface area contributed by atoms with Crippen molar-refractivity contribution in [2.24, 2.45) is 0 Å². The molecular formula is C17H16FN3O4S. The lowest BCUT2D eigenvalue weighted by Gasteiger charge is -2.14. The summed E-state index contributed by atoms with van der Waals surface area (Å²) in [5.41, 5.74) is 1.37. The predicted molar refractivity (Wildman–Crippen MR) is 92.3 cm³/mol. The van der Waals surface area contributed by atoms with Crippen LogP contribution in [0.25, 0.3) is 0 Å². The first-order valence-electron chi connectivity index (χ1n) is 7.72. The Bertz CT molecular complexity index is 975. The van der Waals surface area contributed by atoms with E-state index in [9.17, 15) is 22.4 Å². The van der Waals surface area contributed by atoms with Gasteiger partial charge in [-0.05, 0) is 42.3 Å². The van der Waals surface area contributed by atoms with Crippen molar-refractivity contribution in [3.63, 3.8) is 0 Å². The molecule has 1 fully saturated rings. The molecule has 9 heteroatoms. The Hall–Kier alpha value is -2.94. The van der Waals surface area contributed by atoms with E-state index in [-0.39, 0.29) is 24.7 Å². The van der Waals surface area contributed by atoms with Crippen LogP contribution in [0.5, 0.6) is 0 Å². The molecule has 2 aromatic rings. The molecule has 1 aliphatic heterocycles. The maximum Gasteiger partial charge on any atom is 0.324 e. The molecule has 0 saturated carbocycles. The van der Waals surface area contributed by atoms with Crippen molar-refractivity contribution in [1.82, 2.24) is 10.2 Å². The minimum atomic E-state index is -4.12. The third-order valence-electron chi connectivity index (χ3n) is 3.83. The highest BCUT2D eigenvalue weighted by atomic mass is 32.2. The van der Waals surface area contributed by atoms with Gasteiger partial charge in [0.05, 0.1) is 13.1 Å². The number of carbonyl (C=O) groups is 2. The Morgan fingerprint density at radius 1 is 1.19 bits per heavy atom. The van der Waals surface area contributed by atoms with Crippen LogP contribution in [0.1, 0.15) is 11.1 Å².